The Morgan fingerprint density at radius 3 is 3.04 bits per heavy atom. The van der Waals surface area contributed by atoms with Gasteiger partial charge in [0.15, 0.2) is 10.6 Å². The summed E-state index contributed by atoms with van der Waals surface area (Å²) in [7, 11) is 1.34. The molecule has 9 heteroatoms. The van der Waals surface area contributed by atoms with Crippen molar-refractivity contribution in [1.29, 1.82) is 0 Å². The van der Waals surface area contributed by atoms with Gasteiger partial charge in [-0.25, -0.2) is 4.68 Å². The fraction of sp³-hybridized carbons (Fsp3) is 0.412. The van der Waals surface area contributed by atoms with Crippen LogP contribution in [0.5, 0.6) is 0 Å². The number of ether oxygens (including phenoxy) is 1. The molecule has 2 atom stereocenters. The Balaban J connectivity index is 1.94. The van der Waals surface area contributed by atoms with Gasteiger partial charge in [-0.15, -0.1) is 6.58 Å². The molecule has 26 heavy (non-hydrogen) atoms. The molecule has 1 N–H and O–H groups in total. The Kier molecular flexibility index (Phi) is 5.60. The van der Waals surface area contributed by atoms with E-state index in [1.165, 1.54) is 7.11 Å². The average molecular weight is 375 g/mol. The van der Waals surface area contributed by atoms with Crippen LogP contribution in [0.2, 0.25) is 0 Å². The van der Waals surface area contributed by atoms with E-state index in [9.17, 15) is 9.90 Å². The Bertz CT molecular complexity index is 848. The Hall–Kier alpha value is -2.36. The third-order valence-corrected chi connectivity index (χ3v) is 4.76. The van der Waals surface area contributed by atoms with Gasteiger partial charge in [-0.3, -0.25) is 19.2 Å². The van der Waals surface area contributed by atoms with Gasteiger partial charge in [0, 0.05) is 37.5 Å². The van der Waals surface area contributed by atoms with Crippen LogP contribution >= 0.6 is 12.2 Å². The minimum Gasteiger partial charge on any atom is -0.468 e. The van der Waals surface area contributed by atoms with Crippen LogP contribution in [0.3, 0.4) is 0 Å². The van der Waals surface area contributed by atoms with E-state index >= 15 is 0 Å². The molecule has 0 aliphatic carbocycles. The lowest BCUT2D eigenvalue weighted by molar-refractivity contribution is -0.146. The summed E-state index contributed by atoms with van der Waals surface area (Å²) in [5.41, 5.74) is 0.838. The number of methoxy groups -OCH3 is 1. The number of likely N-dealkylation sites (tertiary alicyclic amines) is 1. The van der Waals surface area contributed by atoms with Crippen molar-refractivity contribution >= 4 is 18.2 Å². The first kappa shape index (κ1) is 18.4. The van der Waals surface area contributed by atoms with Gasteiger partial charge in [0.1, 0.15) is 6.04 Å². The van der Waals surface area contributed by atoms with Crippen molar-refractivity contribution in [2.24, 2.45) is 0 Å². The number of hydrogen-bond acceptors (Lipinski definition) is 7. The predicted molar refractivity (Wildman–Crippen MR) is 97.6 cm³/mol. The monoisotopic (exact) mass is 375 g/mol. The van der Waals surface area contributed by atoms with Crippen molar-refractivity contribution in [3.63, 3.8) is 0 Å². The van der Waals surface area contributed by atoms with E-state index in [0.717, 1.165) is 5.56 Å². The summed E-state index contributed by atoms with van der Waals surface area (Å²) in [6.07, 6.45) is 4.92. The molecular weight excluding hydrogens is 354 g/mol. The predicted octanol–water partition coefficient (Wildman–Crippen LogP) is 1.23. The van der Waals surface area contributed by atoms with E-state index in [0.29, 0.717) is 30.1 Å². The summed E-state index contributed by atoms with van der Waals surface area (Å²) in [6, 6.07) is 3.23. The first-order chi connectivity index (χ1) is 12.5. The number of pyridine rings is 1. The Morgan fingerprint density at radius 1 is 1.58 bits per heavy atom. The van der Waals surface area contributed by atoms with Gasteiger partial charge in [-0.2, -0.15) is 5.10 Å². The van der Waals surface area contributed by atoms with Crippen molar-refractivity contribution < 1.29 is 14.6 Å². The zero-order valence-electron chi connectivity index (χ0n) is 14.5. The molecule has 0 aromatic carbocycles. The van der Waals surface area contributed by atoms with Crippen LogP contribution in [-0.2, 0) is 22.7 Å². The lowest BCUT2D eigenvalue weighted by atomic mass is 10.2. The molecule has 0 saturated carbocycles. The topological polar surface area (TPSA) is 85.4 Å². The van der Waals surface area contributed by atoms with E-state index in [2.05, 4.69) is 16.7 Å². The van der Waals surface area contributed by atoms with Gasteiger partial charge >= 0.3 is 5.97 Å². The highest BCUT2D eigenvalue weighted by Crippen LogP contribution is 2.22. The number of aliphatic hydroxyl groups is 1. The fourth-order valence-electron chi connectivity index (χ4n) is 3.12. The first-order valence-corrected chi connectivity index (χ1v) is 8.64. The third kappa shape index (κ3) is 3.59. The molecular formula is C17H21N5O3S. The van der Waals surface area contributed by atoms with Gasteiger partial charge in [0.2, 0.25) is 0 Å². The maximum Gasteiger partial charge on any atom is 0.323 e. The third-order valence-electron chi connectivity index (χ3n) is 4.32. The minimum absolute atomic E-state index is 0.285. The normalized spacial score (nSPS) is 20.2. The summed E-state index contributed by atoms with van der Waals surface area (Å²) >= 11 is 5.56. The van der Waals surface area contributed by atoms with Gasteiger partial charge < -0.3 is 9.84 Å². The SMILES string of the molecule is C=CCn1c(-c2cccnc2)nn(CN2C[C@@H](O)C[C@H]2C(=O)OC)c1=S. The number of rotatable bonds is 6. The summed E-state index contributed by atoms with van der Waals surface area (Å²) in [6.45, 7) is 4.93. The van der Waals surface area contributed by atoms with Crippen LogP contribution in [0.4, 0.5) is 0 Å². The molecule has 1 saturated heterocycles. The zero-order chi connectivity index (χ0) is 18.7. The highest BCUT2D eigenvalue weighted by molar-refractivity contribution is 7.71. The molecule has 0 unspecified atom stereocenters. The molecule has 8 nitrogen and oxygen atoms in total. The van der Waals surface area contributed by atoms with Gasteiger partial charge in [-0.05, 0) is 24.4 Å². The van der Waals surface area contributed by atoms with Crippen molar-refractivity contribution in [2.75, 3.05) is 13.7 Å². The van der Waals surface area contributed by atoms with Crippen LogP contribution in [-0.4, -0.2) is 61.1 Å². The number of carbonyl (C=O) groups excluding carboxylic acids is 1. The molecule has 3 rings (SSSR count). The Labute approximate surface area is 156 Å². The molecule has 138 valence electrons. The van der Waals surface area contributed by atoms with Crippen molar-refractivity contribution in [3.8, 4) is 11.4 Å². The molecule has 0 spiro atoms. The van der Waals surface area contributed by atoms with Crippen LogP contribution in [0.15, 0.2) is 37.2 Å². The second-order valence-electron chi connectivity index (χ2n) is 6.09. The summed E-state index contributed by atoms with van der Waals surface area (Å²) in [5.74, 6) is 0.309. The summed E-state index contributed by atoms with van der Waals surface area (Å²) < 4.78 is 8.86. The molecule has 1 aliphatic rings. The molecule has 2 aromatic heterocycles. The van der Waals surface area contributed by atoms with Crippen molar-refractivity contribution in [3.05, 3.63) is 42.0 Å². The second kappa shape index (κ2) is 7.90. The lowest BCUT2D eigenvalue weighted by Gasteiger charge is -2.21. The van der Waals surface area contributed by atoms with E-state index in [1.54, 1.807) is 23.2 Å². The first-order valence-electron chi connectivity index (χ1n) is 8.24. The quantitative estimate of drug-likeness (QED) is 0.462. The fourth-order valence-corrected chi connectivity index (χ4v) is 3.38. The molecule has 0 bridgehead atoms. The number of allylic oxidation sites excluding steroid dienone is 1. The van der Waals surface area contributed by atoms with Crippen molar-refractivity contribution in [1.82, 2.24) is 24.2 Å². The number of aliphatic hydroxyl groups excluding tert-OH is 1. The van der Waals surface area contributed by atoms with Gasteiger partial charge in [-0.1, -0.05) is 6.08 Å². The average Bonchev–Trinajstić information content (AvgIpc) is 3.17. The van der Waals surface area contributed by atoms with E-state index < -0.39 is 12.1 Å². The minimum atomic E-state index is -0.582. The smallest absolute Gasteiger partial charge is 0.323 e. The number of nitrogens with zero attached hydrogens (tertiary/aromatic N) is 5. The van der Waals surface area contributed by atoms with Crippen LogP contribution in [0, 0.1) is 4.77 Å². The van der Waals surface area contributed by atoms with E-state index in [4.69, 9.17) is 17.0 Å². The second-order valence-corrected chi connectivity index (χ2v) is 6.45. The van der Waals surface area contributed by atoms with Crippen LogP contribution < -0.4 is 0 Å². The van der Waals surface area contributed by atoms with Crippen LogP contribution in [0.25, 0.3) is 11.4 Å². The highest BCUT2D eigenvalue weighted by Gasteiger charge is 2.37. The zero-order valence-corrected chi connectivity index (χ0v) is 15.3. The highest BCUT2D eigenvalue weighted by atomic mass is 32.1. The summed E-state index contributed by atoms with van der Waals surface area (Å²) in [5, 5.41) is 14.6. The van der Waals surface area contributed by atoms with E-state index in [1.807, 2.05) is 21.6 Å². The largest absolute Gasteiger partial charge is 0.468 e. The maximum absolute atomic E-state index is 12.0. The number of hydrogen-bond donors (Lipinski definition) is 1. The maximum atomic E-state index is 12.0. The van der Waals surface area contributed by atoms with Gasteiger partial charge in [0.25, 0.3) is 0 Å². The summed E-state index contributed by atoms with van der Waals surface area (Å²) in [4.78, 5) is 17.9. The lowest BCUT2D eigenvalue weighted by Crippen LogP contribution is -2.38. The molecule has 1 aliphatic heterocycles. The van der Waals surface area contributed by atoms with E-state index in [-0.39, 0.29) is 12.6 Å². The number of aromatic nitrogens is 4. The number of β-amino-alcohol motifs (C(OH)–C–C–N with tert-alkyl or cyclic N) is 1. The van der Waals surface area contributed by atoms with Crippen molar-refractivity contribution in [2.45, 2.75) is 31.8 Å². The molecule has 0 amide bonds. The molecule has 2 aromatic rings. The van der Waals surface area contributed by atoms with Gasteiger partial charge in [0.05, 0.1) is 19.9 Å². The molecule has 1 fully saturated rings. The molecule has 0 radical (unpaired) electrons. The number of esters is 1. The molecule has 3 heterocycles. The van der Waals surface area contributed by atoms with Crippen LogP contribution in [0.1, 0.15) is 6.42 Å². The standard InChI is InChI=1S/C17H21N5O3S/c1-3-7-21-15(12-5-4-6-18-9-12)19-22(17(21)26)11-20-10-13(23)8-14(20)16(24)25-2/h3-6,9,13-14,23H,1,7-8,10-11H2,2H3/t13-,14-/m0/s1. The number of carbonyl (C=O) groups is 1. The Morgan fingerprint density at radius 2 is 2.38 bits per heavy atom.